The third kappa shape index (κ3) is 5.08. The second-order valence-electron chi connectivity index (χ2n) is 5.75. The lowest BCUT2D eigenvalue weighted by Gasteiger charge is -2.20. The fourth-order valence-corrected chi connectivity index (χ4v) is 3.58. The van der Waals surface area contributed by atoms with Crippen LogP contribution in [-0.2, 0) is 17.9 Å². The number of nitrogens with zero attached hydrogens (tertiary/aromatic N) is 2. The van der Waals surface area contributed by atoms with E-state index >= 15 is 0 Å². The van der Waals surface area contributed by atoms with Gasteiger partial charge in [0.15, 0.2) is 0 Å². The van der Waals surface area contributed by atoms with Crippen molar-refractivity contribution in [3.05, 3.63) is 16.1 Å². The van der Waals surface area contributed by atoms with Crippen LogP contribution in [0.4, 0.5) is 0 Å². The molecule has 1 aliphatic carbocycles. The summed E-state index contributed by atoms with van der Waals surface area (Å²) in [6.07, 6.45) is 5.78. The fourth-order valence-electron chi connectivity index (χ4n) is 2.85. The maximum Gasteiger partial charge on any atom is 0.223 e. The van der Waals surface area contributed by atoms with Gasteiger partial charge in [0.1, 0.15) is 5.01 Å². The Balaban J connectivity index is 1.78. The van der Waals surface area contributed by atoms with Crippen LogP contribution in [0.1, 0.15) is 56.7 Å². The van der Waals surface area contributed by atoms with E-state index in [1.165, 1.54) is 19.3 Å². The molecule has 1 aromatic heterocycles. The zero-order valence-electron chi connectivity index (χ0n) is 13.2. The van der Waals surface area contributed by atoms with Gasteiger partial charge in [-0.15, -0.1) is 11.3 Å². The highest BCUT2D eigenvalue weighted by Gasteiger charge is 2.20. The molecule has 1 aliphatic rings. The molecule has 0 aliphatic heterocycles. The number of carbonyl (C=O) groups is 1. The lowest BCUT2D eigenvalue weighted by Crippen LogP contribution is -2.31. The van der Waals surface area contributed by atoms with Crippen LogP contribution in [0.25, 0.3) is 0 Å². The summed E-state index contributed by atoms with van der Waals surface area (Å²) in [6, 6.07) is 0. The van der Waals surface area contributed by atoms with E-state index in [4.69, 9.17) is 0 Å². The van der Waals surface area contributed by atoms with E-state index in [2.05, 4.69) is 34.4 Å². The van der Waals surface area contributed by atoms with Gasteiger partial charge in [-0.1, -0.05) is 33.1 Å². The Morgan fingerprint density at radius 3 is 2.71 bits per heavy atom. The molecule has 1 fully saturated rings. The van der Waals surface area contributed by atoms with Crippen molar-refractivity contribution >= 4 is 17.2 Å². The number of aromatic nitrogens is 1. The van der Waals surface area contributed by atoms with Crippen LogP contribution in [0, 0.1) is 5.92 Å². The van der Waals surface area contributed by atoms with Crippen molar-refractivity contribution in [2.45, 2.75) is 59.0 Å². The SMILES string of the molecule is CCN(CC)Cc1csc(CNC(=O)C2CCCCC2)n1. The van der Waals surface area contributed by atoms with E-state index in [9.17, 15) is 4.79 Å². The van der Waals surface area contributed by atoms with Crippen molar-refractivity contribution in [1.29, 1.82) is 0 Å². The zero-order valence-corrected chi connectivity index (χ0v) is 14.0. The highest BCUT2D eigenvalue weighted by atomic mass is 32.1. The number of hydrogen-bond donors (Lipinski definition) is 1. The lowest BCUT2D eigenvalue weighted by molar-refractivity contribution is -0.126. The zero-order chi connectivity index (χ0) is 15.1. The third-order valence-electron chi connectivity index (χ3n) is 4.27. The molecule has 1 heterocycles. The summed E-state index contributed by atoms with van der Waals surface area (Å²) in [6.45, 7) is 7.91. The second kappa shape index (κ2) is 8.49. The average molecular weight is 309 g/mol. The summed E-state index contributed by atoms with van der Waals surface area (Å²) < 4.78 is 0. The highest BCUT2D eigenvalue weighted by Crippen LogP contribution is 2.23. The summed E-state index contributed by atoms with van der Waals surface area (Å²) in [5, 5.41) is 6.19. The van der Waals surface area contributed by atoms with Gasteiger partial charge >= 0.3 is 0 Å². The van der Waals surface area contributed by atoms with E-state index in [1.54, 1.807) is 11.3 Å². The predicted molar refractivity (Wildman–Crippen MR) is 87.2 cm³/mol. The lowest BCUT2D eigenvalue weighted by atomic mass is 9.89. The third-order valence-corrected chi connectivity index (χ3v) is 5.17. The standard InChI is InChI=1S/C16H27N3OS/c1-3-19(4-2)11-14-12-21-15(18-14)10-17-16(20)13-8-6-5-7-9-13/h12-13H,3-11H2,1-2H3,(H,17,20). The molecule has 4 nitrogen and oxygen atoms in total. The normalized spacial score (nSPS) is 16.3. The first kappa shape index (κ1) is 16.4. The van der Waals surface area contributed by atoms with Gasteiger partial charge in [0, 0.05) is 17.8 Å². The van der Waals surface area contributed by atoms with Gasteiger partial charge in [0.25, 0.3) is 0 Å². The number of hydrogen-bond acceptors (Lipinski definition) is 4. The molecule has 1 amide bonds. The minimum atomic E-state index is 0.218. The van der Waals surface area contributed by atoms with Crippen LogP contribution < -0.4 is 5.32 Å². The second-order valence-corrected chi connectivity index (χ2v) is 6.69. The maximum absolute atomic E-state index is 12.1. The van der Waals surface area contributed by atoms with Crippen molar-refractivity contribution in [3.8, 4) is 0 Å². The Kier molecular flexibility index (Phi) is 6.64. The molecule has 0 aromatic carbocycles. The number of amides is 1. The van der Waals surface area contributed by atoms with Crippen LogP contribution in [0.5, 0.6) is 0 Å². The Morgan fingerprint density at radius 2 is 2.05 bits per heavy atom. The largest absolute Gasteiger partial charge is 0.349 e. The number of carbonyl (C=O) groups excluding carboxylic acids is 1. The molecular weight excluding hydrogens is 282 g/mol. The van der Waals surface area contributed by atoms with Crippen molar-refractivity contribution in [2.24, 2.45) is 5.92 Å². The van der Waals surface area contributed by atoms with Crippen LogP contribution in [-0.4, -0.2) is 28.9 Å². The molecule has 1 aromatic rings. The Labute approximate surface area is 132 Å². The van der Waals surface area contributed by atoms with Crippen molar-refractivity contribution in [3.63, 3.8) is 0 Å². The Bertz CT molecular complexity index is 436. The van der Waals surface area contributed by atoms with Crippen molar-refractivity contribution in [2.75, 3.05) is 13.1 Å². The smallest absolute Gasteiger partial charge is 0.223 e. The first-order chi connectivity index (χ1) is 10.2. The van der Waals surface area contributed by atoms with Crippen LogP contribution >= 0.6 is 11.3 Å². The van der Waals surface area contributed by atoms with E-state index in [0.717, 1.165) is 43.2 Å². The summed E-state index contributed by atoms with van der Waals surface area (Å²) in [5.41, 5.74) is 1.12. The monoisotopic (exact) mass is 309 g/mol. The first-order valence-corrected chi connectivity index (χ1v) is 9.04. The first-order valence-electron chi connectivity index (χ1n) is 8.16. The molecule has 0 spiro atoms. The average Bonchev–Trinajstić information content (AvgIpc) is 2.98. The number of thiazole rings is 1. The minimum Gasteiger partial charge on any atom is -0.349 e. The van der Waals surface area contributed by atoms with E-state index in [0.29, 0.717) is 6.54 Å². The van der Waals surface area contributed by atoms with Crippen LogP contribution in [0.3, 0.4) is 0 Å². The molecule has 0 bridgehead atoms. The van der Waals surface area contributed by atoms with Crippen molar-refractivity contribution < 1.29 is 4.79 Å². The van der Waals surface area contributed by atoms with Crippen LogP contribution in [0.15, 0.2) is 5.38 Å². The Hall–Kier alpha value is -0.940. The summed E-state index contributed by atoms with van der Waals surface area (Å²) in [7, 11) is 0. The van der Waals surface area contributed by atoms with Crippen LogP contribution in [0.2, 0.25) is 0 Å². The van der Waals surface area contributed by atoms with Gasteiger partial charge in [0.05, 0.1) is 12.2 Å². The minimum absolute atomic E-state index is 0.218. The van der Waals surface area contributed by atoms with Gasteiger partial charge in [0.2, 0.25) is 5.91 Å². The maximum atomic E-state index is 12.1. The van der Waals surface area contributed by atoms with Gasteiger partial charge in [-0.2, -0.15) is 0 Å². The summed E-state index contributed by atoms with van der Waals surface area (Å²) in [5.74, 6) is 0.448. The van der Waals surface area contributed by atoms with Gasteiger partial charge < -0.3 is 5.32 Å². The quantitative estimate of drug-likeness (QED) is 0.841. The highest BCUT2D eigenvalue weighted by molar-refractivity contribution is 7.09. The molecule has 1 N–H and O–H groups in total. The van der Waals surface area contributed by atoms with Gasteiger partial charge in [-0.3, -0.25) is 9.69 Å². The molecule has 5 heteroatoms. The molecule has 2 rings (SSSR count). The van der Waals surface area contributed by atoms with E-state index < -0.39 is 0 Å². The van der Waals surface area contributed by atoms with E-state index in [-0.39, 0.29) is 11.8 Å². The Morgan fingerprint density at radius 1 is 1.33 bits per heavy atom. The molecule has 0 radical (unpaired) electrons. The summed E-state index contributed by atoms with van der Waals surface area (Å²) in [4.78, 5) is 19.1. The molecule has 21 heavy (non-hydrogen) atoms. The molecule has 0 atom stereocenters. The number of nitrogens with one attached hydrogen (secondary N) is 1. The summed E-state index contributed by atoms with van der Waals surface area (Å²) >= 11 is 1.65. The molecule has 118 valence electrons. The fraction of sp³-hybridized carbons (Fsp3) is 0.750. The molecule has 0 unspecified atom stereocenters. The van der Waals surface area contributed by atoms with Gasteiger partial charge in [-0.05, 0) is 25.9 Å². The predicted octanol–water partition coefficient (Wildman–Crippen LogP) is 3.18. The van der Waals surface area contributed by atoms with E-state index in [1.807, 2.05) is 0 Å². The van der Waals surface area contributed by atoms with Gasteiger partial charge in [-0.25, -0.2) is 4.98 Å². The molecular formula is C16H27N3OS. The topological polar surface area (TPSA) is 45.2 Å². The molecule has 0 saturated heterocycles. The molecule has 1 saturated carbocycles. The van der Waals surface area contributed by atoms with Crippen molar-refractivity contribution in [1.82, 2.24) is 15.2 Å². The number of rotatable bonds is 7.